The fraction of sp³-hybridized carbons (Fsp3) is 0.938. The first-order valence-corrected chi connectivity index (χ1v) is 7.77. The molecule has 0 radical (unpaired) electrons. The fourth-order valence-electron chi connectivity index (χ4n) is 4.12. The van der Waals surface area contributed by atoms with Crippen molar-refractivity contribution in [3.63, 3.8) is 0 Å². The Morgan fingerprint density at radius 3 is 2.20 bits per heavy atom. The van der Waals surface area contributed by atoms with Crippen LogP contribution in [0.4, 0.5) is 0 Å². The third-order valence-electron chi connectivity index (χ3n) is 4.59. The van der Waals surface area contributed by atoms with Crippen molar-refractivity contribution in [1.82, 2.24) is 4.90 Å². The number of morpholine rings is 1. The minimum Gasteiger partial charge on any atom is -0.481 e. The van der Waals surface area contributed by atoms with E-state index in [2.05, 4.69) is 39.5 Å². The predicted molar refractivity (Wildman–Crippen MR) is 78.7 cm³/mol. The minimum absolute atomic E-state index is 0.152. The van der Waals surface area contributed by atoms with Gasteiger partial charge in [0.1, 0.15) is 0 Å². The van der Waals surface area contributed by atoms with E-state index in [9.17, 15) is 9.90 Å². The summed E-state index contributed by atoms with van der Waals surface area (Å²) >= 11 is 0. The molecule has 0 aromatic rings. The Labute approximate surface area is 122 Å². The van der Waals surface area contributed by atoms with Crippen LogP contribution in [-0.4, -0.2) is 46.3 Å². The average Bonchev–Trinajstić information content (AvgIpc) is 2.24. The minimum atomic E-state index is -0.635. The molecule has 20 heavy (non-hydrogen) atoms. The number of rotatable bonds is 2. The summed E-state index contributed by atoms with van der Waals surface area (Å²) in [6.07, 6.45) is 2.83. The first kappa shape index (κ1) is 15.8. The molecular weight excluding hydrogens is 254 g/mol. The zero-order valence-corrected chi connectivity index (χ0v) is 13.5. The summed E-state index contributed by atoms with van der Waals surface area (Å²) in [6, 6.07) is 0.152. The highest BCUT2D eigenvalue weighted by Gasteiger charge is 2.45. The molecule has 0 aromatic carbocycles. The first-order chi connectivity index (χ1) is 9.10. The highest BCUT2D eigenvalue weighted by atomic mass is 16.5. The van der Waals surface area contributed by atoms with Crippen molar-refractivity contribution in [3.05, 3.63) is 0 Å². The Kier molecular flexibility index (Phi) is 4.18. The molecule has 4 heteroatoms. The van der Waals surface area contributed by atoms with Crippen LogP contribution in [0.1, 0.15) is 53.9 Å². The summed E-state index contributed by atoms with van der Waals surface area (Å²) in [6.45, 7) is 12.3. The topological polar surface area (TPSA) is 49.8 Å². The van der Waals surface area contributed by atoms with Crippen molar-refractivity contribution < 1.29 is 14.6 Å². The van der Waals surface area contributed by atoms with Crippen molar-refractivity contribution in [2.45, 2.75) is 71.1 Å². The summed E-state index contributed by atoms with van der Waals surface area (Å²) < 4.78 is 6.12. The number of nitrogens with zero attached hydrogens (tertiary/aromatic N) is 1. The maximum absolute atomic E-state index is 11.6. The Morgan fingerprint density at radius 2 is 1.70 bits per heavy atom. The van der Waals surface area contributed by atoms with Gasteiger partial charge in [0.25, 0.3) is 0 Å². The molecule has 1 N–H and O–H groups in total. The summed E-state index contributed by atoms with van der Waals surface area (Å²) in [4.78, 5) is 14.0. The number of carbonyl (C=O) groups is 1. The lowest BCUT2D eigenvalue weighted by Crippen LogP contribution is -2.62. The first-order valence-electron chi connectivity index (χ1n) is 7.77. The molecule has 2 aliphatic rings. The van der Waals surface area contributed by atoms with E-state index >= 15 is 0 Å². The molecule has 116 valence electrons. The van der Waals surface area contributed by atoms with Crippen molar-refractivity contribution in [1.29, 1.82) is 0 Å². The highest BCUT2D eigenvalue weighted by molar-refractivity contribution is 5.71. The zero-order chi connectivity index (χ0) is 15.1. The van der Waals surface area contributed by atoms with Gasteiger partial charge >= 0.3 is 5.97 Å². The van der Waals surface area contributed by atoms with Crippen LogP contribution in [0.15, 0.2) is 0 Å². The largest absolute Gasteiger partial charge is 0.481 e. The number of carboxylic acid groups (broad SMARTS) is 1. The summed E-state index contributed by atoms with van der Waals surface area (Å²) in [5.74, 6) is -0.246. The maximum atomic E-state index is 11.6. The summed E-state index contributed by atoms with van der Waals surface area (Å²) in [5.41, 5.74) is -0.434. The molecule has 2 fully saturated rings. The van der Waals surface area contributed by atoms with E-state index in [-0.39, 0.29) is 23.2 Å². The van der Waals surface area contributed by atoms with Gasteiger partial charge in [0.2, 0.25) is 0 Å². The van der Waals surface area contributed by atoms with E-state index in [0.717, 1.165) is 32.4 Å². The lowest BCUT2D eigenvalue weighted by atomic mass is 9.77. The van der Waals surface area contributed by atoms with Crippen LogP contribution in [0.25, 0.3) is 0 Å². The second-order valence-corrected chi connectivity index (χ2v) is 7.96. The quantitative estimate of drug-likeness (QED) is 0.846. The van der Waals surface area contributed by atoms with Gasteiger partial charge in [-0.25, -0.2) is 0 Å². The Morgan fingerprint density at radius 1 is 1.15 bits per heavy atom. The van der Waals surface area contributed by atoms with Crippen molar-refractivity contribution in [3.8, 4) is 0 Å². The number of carboxylic acids is 1. The van der Waals surface area contributed by atoms with Crippen molar-refractivity contribution >= 4 is 5.97 Å². The molecule has 1 saturated heterocycles. The van der Waals surface area contributed by atoms with Crippen LogP contribution in [0, 0.1) is 11.8 Å². The lowest BCUT2D eigenvalue weighted by Gasteiger charge is -2.52. The molecule has 3 unspecified atom stereocenters. The van der Waals surface area contributed by atoms with E-state index < -0.39 is 5.97 Å². The molecule has 0 amide bonds. The monoisotopic (exact) mass is 283 g/mol. The average molecular weight is 283 g/mol. The lowest BCUT2D eigenvalue weighted by molar-refractivity contribution is -0.196. The van der Waals surface area contributed by atoms with E-state index in [1.807, 2.05) is 0 Å². The van der Waals surface area contributed by atoms with Crippen molar-refractivity contribution in [2.24, 2.45) is 11.8 Å². The van der Waals surface area contributed by atoms with Crippen LogP contribution in [0.3, 0.4) is 0 Å². The smallest absolute Gasteiger partial charge is 0.308 e. The van der Waals surface area contributed by atoms with Gasteiger partial charge in [-0.1, -0.05) is 6.92 Å². The van der Waals surface area contributed by atoms with Gasteiger partial charge in [-0.3, -0.25) is 9.69 Å². The summed E-state index contributed by atoms with van der Waals surface area (Å²) in [7, 11) is 0. The van der Waals surface area contributed by atoms with Gasteiger partial charge in [0, 0.05) is 19.1 Å². The Balaban J connectivity index is 2.20. The van der Waals surface area contributed by atoms with E-state index in [1.165, 1.54) is 0 Å². The second kappa shape index (κ2) is 5.30. The Hall–Kier alpha value is -0.610. The predicted octanol–water partition coefficient (Wildman–Crippen LogP) is 2.77. The molecule has 0 bridgehead atoms. The van der Waals surface area contributed by atoms with E-state index in [0.29, 0.717) is 5.92 Å². The molecule has 2 rings (SSSR count). The number of hydrogen-bond donors (Lipinski definition) is 1. The Bertz CT molecular complexity index is 362. The van der Waals surface area contributed by atoms with Crippen LogP contribution in [-0.2, 0) is 9.53 Å². The molecule has 3 atom stereocenters. The maximum Gasteiger partial charge on any atom is 0.308 e. The van der Waals surface area contributed by atoms with Gasteiger partial charge < -0.3 is 9.84 Å². The molecule has 0 spiro atoms. The molecule has 1 saturated carbocycles. The highest BCUT2D eigenvalue weighted by Crippen LogP contribution is 2.37. The normalized spacial score (nSPS) is 37.5. The van der Waals surface area contributed by atoms with Gasteiger partial charge in [-0.2, -0.15) is 0 Å². The fourth-order valence-corrected chi connectivity index (χ4v) is 4.12. The number of hydrogen-bond acceptors (Lipinski definition) is 3. The molecular formula is C16H29NO3. The second-order valence-electron chi connectivity index (χ2n) is 7.96. The van der Waals surface area contributed by atoms with Gasteiger partial charge in [0.15, 0.2) is 0 Å². The molecule has 1 heterocycles. The van der Waals surface area contributed by atoms with Crippen LogP contribution >= 0.6 is 0 Å². The van der Waals surface area contributed by atoms with Gasteiger partial charge in [-0.15, -0.1) is 0 Å². The number of aliphatic carboxylic acids is 1. The molecule has 1 aliphatic carbocycles. The van der Waals surface area contributed by atoms with Crippen molar-refractivity contribution in [2.75, 3.05) is 13.1 Å². The molecule has 1 aliphatic heterocycles. The van der Waals surface area contributed by atoms with Gasteiger partial charge in [0.05, 0.1) is 17.1 Å². The van der Waals surface area contributed by atoms with E-state index in [1.54, 1.807) is 0 Å². The van der Waals surface area contributed by atoms with Crippen LogP contribution < -0.4 is 0 Å². The SMILES string of the molecule is CC1CCC(C(=O)O)C(N2CC(C)(C)OC(C)(C)C2)C1. The van der Waals surface area contributed by atoms with Gasteiger partial charge in [-0.05, 0) is 52.9 Å². The molecule has 0 aromatic heterocycles. The van der Waals surface area contributed by atoms with Crippen LogP contribution in [0.2, 0.25) is 0 Å². The third-order valence-corrected chi connectivity index (χ3v) is 4.59. The van der Waals surface area contributed by atoms with Crippen LogP contribution in [0.5, 0.6) is 0 Å². The standard InChI is InChI=1S/C16H29NO3/c1-11-6-7-12(14(18)19)13(8-11)17-9-15(2,3)20-16(4,5)10-17/h11-13H,6-10H2,1-5H3,(H,18,19). The zero-order valence-electron chi connectivity index (χ0n) is 13.5. The number of ether oxygens (including phenoxy) is 1. The van der Waals surface area contributed by atoms with E-state index in [4.69, 9.17) is 4.74 Å². The third kappa shape index (κ3) is 3.53. The summed E-state index contributed by atoms with van der Waals surface area (Å²) in [5, 5.41) is 9.53. The molecule has 4 nitrogen and oxygen atoms in total.